The number of carbonyl (C=O) groups excluding carboxylic acids is 3. The smallest absolute Gasteiger partial charge is 0.337 e. The topological polar surface area (TPSA) is 84.5 Å². The molecule has 0 aliphatic heterocycles. The highest BCUT2D eigenvalue weighted by Crippen LogP contribution is 2.23. The van der Waals surface area contributed by atoms with E-state index < -0.39 is 12.0 Å². The van der Waals surface area contributed by atoms with Crippen LogP contribution in [0.5, 0.6) is 0 Å². The maximum Gasteiger partial charge on any atom is 0.337 e. The van der Waals surface area contributed by atoms with Crippen LogP contribution in [0.25, 0.3) is 0 Å². The van der Waals surface area contributed by atoms with E-state index >= 15 is 0 Å². The second kappa shape index (κ2) is 6.54. The van der Waals surface area contributed by atoms with Gasteiger partial charge in [-0.25, -0.2) is 9.59 Å². The van der Waals surface area contributed by atoms with Gasteiger partial charge in [0.25, 0.3) is 0 Å². The number of Topliss-reactive ketones (excluding diaryl/α,β-unsaturated/α-hetero) is 1. The number of ether oxygens (including phenoxy) is 1. The Bertz CT molecular complexity index is 830. The van der Waals surface area contributed by atoms with E-state index in [0.29, 0.717) is 29.8 Å². The van der Waals surface area contributed by atoms with Crippen LogP contribution >= 0.6 is 0 Å². The summed E-state index contributed by atoms with van der Waals surface area (Å²) in [5.74, 6) is -0.284. The SMILES string of the molecule is COC(=O)c1cccc(NC(=O)Nc2ccc3c(c2)CC(=O)C3)c1. The minimum absolute atomic E-state index is 0.186. The molecule has 2 aromatic rings. The number of fused-ring (bicyclic) bond motifs is 1. The Morgan fingerprint density at radius 3 is 2.42 bits per heavy atom. The first-order valence-electron chi connectivity index (χ1n) is 7.45. The van der Waals surface area contributed by atoms with Crippen LogP contribution in [0.4, 0.5) is 16.2 Å². The summed E-state index contributed by atoms with van der Waals surface area (Å²) < 4.78 is 4.65. The molecule has 1 aliphatic carbocycles. The number of anilines is 2. The molecule has 0 saturated carbocycles. The number of rotatable bonds is 3. The largest absolute Gasteiger partial charge is 0.465 e. The summed E-state index contributed by atoms with van der Waals surface area (Å²) in [6.07, 6.45) is 0.871. The minimum atomic E-state index is -0.470. The van der Waals surface area contributed by atoms with E-state index in [4.69, 9.17) is 0 Å². The Morgan fingerprint density at radius 2 is 1.67 bits per heavy atom. The molecule has 2 amide bonds. The highest BCUT2D eigenvalue weighted by atomic mass is 16.5. The van der Waals surface area contributed by atoms with Crippen LogP contribution in [0.2, 0.25) is 0 Å². The molecule has 0 unspecified atom stereocenters. The van der Waals surface area contributed by atoms with Crippen LogP contribution < -0.4 is 10.6 Å². The summed E-state index contributed by atoms with van der Waals surface area (Å²) in [4.78, 5) is 35.0. The molecule has 24 heavy (non-hydrogen) atoms. The van der Waals surface area contributed by atoms with Gasteiger partial charge in [-0.15, -0.1) is 0 Å². The fourth-order valence-electron chi connectivity index (χ4n) is 2.66. The number of nitrogens with one attached hydrogen (secondary N) is 2. The van der Waals surface area contributed by atoms with Crippen LogP contribution in [-0.4, -0.2) is 24.9 Å². The van der Waals surface area contributed by atoms with Crippen LogP contribution in [0.15, 0.2) is 42.5 Å². The Morgan fingerprint density at radius 1 is 0.958 bits per heavy atom. The summed E-state index contributed by atoms with van der Waals surface area (Å²) in [5.41, 5.74) is 3.41. The molecule has 0 radical (unpaired) electrons. The van der Waals surface area contributed by atoms with Crippen LogP contribution in [-0.2, 0) is 22.4 Å². The minimum Gasteiger partial charge on any atom is -0.465 e. The number of ketones is 1. The van der Waals surface area contributed by atoms with Crippen molar-refractivity contribution in [3.63, 3.8) is 0 Å². The molecule has 2 aromatic carbocycles. The van der Waals surface area contributed by atoms with Gasteiger partial charge in [-0.1, -0.05) is 12.1 Å². The standard InChI is InChI=1S/C18H16N2O4/c1-24-17(22)12-3-2-4-14(7-12)19-18(23)20-15-6-5-11-9-16(21)10-13(11)8-15/h2-8H,9-10H2,1H3,(H2,19,20,23). The molecule has 3 rings (SSSR count). The number of amides is 2. The van der Waals surface area contributed by atoms with Gasteiger partial charge in [-0.05, 0) is 41.5 Å². The van der Waals surface area contributed by atoms with Crippen molar-refractivity contribution in [1.82, 2.24) is 0 Å². The lowest BCUT2D eigenvalue weighted by Gasteiger charge is -2.09. The Kier molecular flexibility index (Phi) is 4.29. The van der Waals surface area contributed by atoms with Crippen molar-refractivity contribution in [2.24, 2.45) is 0 Å². The van der Waals surface area contributed by atoms with Crippen LogP contribution in [0.3, 0.4) is 0 Å². The van der Waals surface area contributed by atoms with E-state index in [2.05, 4.69) is 15.4 Å². The third-order valence-electron chi connectivity index (χ3n) is 3.78. The van der Waals surface area contributed by atoms with Gasteiger partial charge in [-0.3, -0.25) is 4.79 Å². The average molecular weight is 324 g/mol. The molecule has 0 atom stereocenters. The van der Waals surface area contributed by atoms with E-state index in [1.54, 1.807) is 24.3 Å². The molecular formula is C18H16N2O4. The molecule has 0 aromatic heterocycles. The van der Waals surface area contributed by atoms with E-state index in [1.807, 2.05) is 12.1 Å². The van der Waals surface area contributed by atoms with E-state index in [9.17, 15) is 14.4 Å². The Hall–Kier alpha value is -3.15. The Labute approximate surface area is 138 Å². The number of carbonyl (C=O) groups is 3. The van der Waals surface area contributed by atoms with Crippen LogP contribution in [0, 0.1) is 0 Å². The number of hydrogen-bond donors (Lipinski definition) is 2. The van der Waals surface area contributed by atoms with E-state index in [0.717, 1.165) is 11.1 Å². The maximum absolute atomic E-state index is 12.1. The van der Waals surface area contributed by atoms with Gasteiger partial charge in [0.1, 0.15) is 5.78 Å². The van der Waals surface area contributed by atoms with Gasteiger partial charge in [-0.2, -0.15) is 0 Å². The molecule has 0 fully saturated rings. The first kappa shape index (κ1) is 15.7. The van der Waals surface area contributed by atoms with Crippen LogP contribution in [0.1, 0.15) is 21.5 Å². The molecule has 122 valence electrons. The summed E-state index contributed by atoms with van der Waals surface area (Å²) in [6, 6.07) is 11.5. The Balaban J connectivity index is 1.67. The average Bonchev–Trinajstić information content (AvgIpc) is 2.93. The van der Waals surface area contributed by atoms with Crippen molar-refractivity contribution in [2.75, 3.05) is 17.7 Å². The summed E-state index contributed by atoms with van der Waals surface area (Å²) >= 11 is 0. The van der Waals surface area contributed by atoms with Crippen molar-refractivity contribution in [3.8, 4) is 0 Å². The predicted octanol–water partition coefficient (Wildman–Crippen LogP) is 2.78. The summed E-state index contributed by atoms with van der Waals surface area (Å²) in [5, 5.41) is 5.38. The highest BCUT2D eigenvalue weighted by Gasteiger charge is 2.18. The maximum atomic E-state index is 12.1. The summed E-state index contributed by atoms with van der Waals surface area (Å²) in [6.45, 7) is 0. The predicted molar refractivity (Wildman–Crippen MR) is 89.3 cm³/mol. The van der Waals surface area contributed by atoms with Crippen molar-refractivity contribution >= 4 is 29.2 Å². The molecular weight excluding hydrogens is 308 g/mol. The van der Waals surface area contributed by atoms with Crippen molar-refractivity contribution in [2.45, 2.75) is 12.8 Å². The second-order valence-electron chi connectivity index (χ2n) is 5.53. The lowest BCUT2D eigenvalue weighted by Crippen LogP contribution is -2.19. The van der Waals surface area contributed by atoms with Gasteiger partial charge in [0, 0.05) is 24.2 Å². The molecule has 6 nitrogen and oxygen atoms in total. The number of urea groups is 1. The van der Waals surface area contributed by atoms with Gasteiger partial charge in [0.15, 0.2) is 0 Å². The first-order valence-corrected chi connectivity index (χ1v) is 7.45. The molecule has 1 aliphatic rings. The zero-order valence-corrected chi connectivity index (χ0v) is 13.1. The molecule has 6 heteroatoms. The molecule has 2 N–H and O–H groups in total. The normalized spacial score (nSPS) is 12.5. The lowest BCUT2D eigenvalue weighted by atomic mass is 10.1. The zero-order valence-electron chi connectivity index (χ0n) is 13.1. The second-order valence-corrected chi connectivity index (χ2v) is 5.53. The van der Waals surface area contributed by atoms with E-state index in [-0.39, 0.29) is 5.78 Å². The third-order valence-corrected chi connectivity index (χ3v) is 3.78. The van der Waals surface area contributed by atoms with Crippen molar-refractivity contribution < 1.29 is 19.1 Å². The van der Waals surface area contributed by atoms with E-state index in [1.165, 1.54) is 13.2 Å². The number of methoxy groups -OCH3 is 1. The van der Waals surface area contributed by atoms with Gasteiger partial charge in [0.2, 0.25) is 0 Å². The highest BCUT2D eigenvalue weighted by molar-refractivity contribution is 6.01. The van der Waals surface area contributed by atoms with Crippen molar-refractivity contribution in [3.05, 3.63) is 59.2 Å². The molecule has 0 bridgehead atoms. The number of benzene rings is 2. The van der Waals surface area contributed by atoms with Gasteiger partial charge >= 0.3 is 12.0 Å². The first-order chi connectivity index (χ1) is 11.5. The molecule has 0 heterocycles. The zero-order chi connectivity index (χ0) is 17.1. The van der Waals surface area contributed by atoms with Gasteiger partial charge in [0.05, 0.1) is 12.7 Å². The molecule has 0 spiro atoms. The number of hydrogen-bond acceptors (Lipinski definition) is 4. The molecule has 0 saturated heterocycles. The lowest BCUT2D eigenvalue weighted by molar-refractivity contribution is -0.117. The fourth-order valence-corrected chi connectivity index (χ4v) is 2.66. The monoisotopic (exact) mass is 324 g/mol. The van der Waals surface area contributed by atoms with Gasteiger partial charge < -0.3 is 15.4 Å². The number of esters is 1. The fraction of sp³-hybridized carbons (Fsp3) is 0.167. The van der Waals surface area contributed by atoms with Crippen molar-refractivity contribution in [1.29, 1.82) is 0 Å². The quantitative estimate of drug-likeness (QED) is 0.850. The third kappa shape index (κ3) is 3.43. The summed E-state index contributed by atoms with van der Waals surface area (Å²) in [7, 11) is 1.30.